The minimum Gasteiger partial charge on any atom is -0.497 e. The van der Waals surface area contributed by atoms with Crippen LogP contribution in [0.2, 0.25) is 0 Å². The fourth-order valence-corrected chi connectivity index (χ4v) is 6.24. The molecule has 4 atom stereocenters. The SMILES string of the molecule is CCCNC(=O)C12C[C@H]3C[C@@H](C1)CC(c1ccc(OC)cc1)(C3)C2. The number of carbonyl (C=O) groups is 1. The summed E-state index contributed by atoms with van der Waals surface area (Å²) in [4.78, 5) is 13.0. The Hall–Kier alpha value is -1.51. The molecule has 4 fully saturated rings. The third-order valence-corrected chi connectivity index (χ3v) is 6.78. The van der Waals surface area contributed by atoms with E-state index in [0.29, 0.717) is 5.91 Å². The van der Waals surface area contributed by atoms with E-state index >= 15 is 0 Å². The van der Waals surface area contributed by atoms with Gasteiger partial charge in [0.1, 0.15) is 5.75 Å². The van der Waals surface area contributed by atoms with E-state index in [9.17, 15) is 4.79 Å². The predicted octanol–water partition coefficient (Wildman–Crippen LogP) is 4.06. The highest BCUT2D eigenvalue weighted by Crippen LogP contribution is 2.65. The van der Waals surface area contributed by atoms with E-state index in [0.717, 1.165) is 49.8 Å². The van der Waals surface area contributed by atoms with Crippen LogP contribution in [0.1, 0.15) is 57.4 Å². The van der Waals surface area contributed by atoms with Crippen molar-refractivity contribution in [3.63, 3.8) is 0 Å². The molecule has 0 saturated heterocycles. The van der Waals surface area contributed by atoms with E-state index < -0.39 is 0 Å². The van der Waals surface area contributed by atoms with Crippen LogP contribution in [-0.4, -0.2) is 19.6 Å². The van der Waals surface area contributed by atoms with Crippen LogP contribution in [0, 0.1) is 17.3 Å². The number of amides is 1. The molecule has 4 saturated carbocycles. The fraction of sp³-hybridized carbons (Fsp3) is 0.667. The minimum absolute atomic E-state index is 0.112. The van der Waals surface area contributed by atoms with E-state index in [1.54, 1.807) is 7.11 Å². The summed E-state index contributed by atoms with van der Waals surface area (Å²) >= 11 is 0. The molecule has 3 heteroatoms. The van der Waals surface area contributed by atoms with Crippen LogP contribution in [-0.2, 0) is 10.2 Å². The summed E-state index contributed by atoms with van der Waals surface area (Å²) in [5, 5.41) is 3.22. The second-order valence-corrected chi connectivity index (χ2v) is 8.51. The van der Waals surface area contributed by atoms with Gasteiger partial charge >= 0.3 is 0 Å². The van der Waals surface area contributed by atoms with Crippen molar-refractivity contribution in [3.8, 4) is 5.75 Å². The maximum Gasteiger partial charge on any atom is 0.226 e. The quantitative estimate of drug-likeness (QED) is 0.885. The third-order valence-electron chi connectivity index (χ3n) is 6.78. The molecule has 0 heterocycles. The first kappa shape index (κ1) is 16.0. The zero-order valence-electron chi connectivity index (χ0n) is 14.9. The van der Waals surface area contributed by atoms with Gasteiger partial charge in [0.25, 0.3) is 0 Å². The Balaban J connectivity index is 1.66. The second-order valence-electron chi connectivity index (χ2n) is 8.51. The van der Waals surface area contributed by atoms with Gasteiger partial charge in [-0.3, -0.25) is 4.79 Å². The average molecular weight is 327 g/mol. The Morgan fingerprint density at radius 3 is 2.42 bits per heavy atom. The van der Waals surface area contributed by atoms with Gasteiger partial charge < -0.3 is 10.1 Å². The zero-order chi connectivity index (χ0) is 16.8. The van der Waals surface area contributed by atoms with Crippen molar-refractivity contribution in [2.24, 2.45) is 17.3 Å². The zero-order valence-corrected chi connectivity index (χ0v) is 14.9. The lowest BCUT2D eigenvalue weighted by molar-refractivity contribution is -0.149. The molecule has 1 aromatic carbocycles. The smallest absolute Gasteiger partial charge is 0.226 e. The lowest BCUT2D eigenvalue weighted by Crippen LogP contribution is -2.59. The molecule has 4 aliphatic rings. The van der Waals surface area contributed by atoms with Crippen LogP contribution in [0.4, 0.5) is 0 Å². The normalized spacial score (nSPS) is 36.6. The maximum absolute atomic E-state index is 13.0. The van der Waals surface area contributed by atoms with Crippen molar-refractivity contribution in [3.05, 3.63) is 29.8 Å². The van der Waals surface area contributed by atoms with Gasteiger partial charge in [-0.05, 0) is 79.9 Å². The largest absolute Gasteiger partial charge is 0.497 e. The molecule has 130 valence electrons. The minimum atomic E-state index is -0.112. The van der Waals surface area contributed by atoms with Crippen molar-refractivity contribution in [1.29, 1.82) is 0 Å². The number of hydrogen-bond acceptors (Lipinski definition) is 2. The van der Waals surface area contributed by atoms with Gasteiger partial charge in [-0.1, -0.05) is 19.1 Å². The predicted molar refractivity (Wildman–Crippen MR) is 95.1 cm³/mol. The fourth-order valence-electron chi connectivity index (χ4n) is 6.24. The molecule has 1 amide bonds. The molecule has 24 heavy (non-hydrogen) atoms. The topological polar surface area (TPSA) is 38.3 Å². The summed E-state index contributed by atoms with van der Waals surface area (Å²) in [6.45, 7) is 2.93. The molecule has 0 aliphatic heterocycles. The number of ether oxygens (including phenoxy) is 1. The Bertz CT molecular complexity index is 607. The van der Waals surface area contributed by atoms with Crippen LogP contribution in [0.15, 0.2) is 24.3 Å². The third kappa shape index (κ3) is 2.44. The molecule has 0 radical (unpaired) electrons. The first-order chi connectivity index (χ1) is 11.6. The Morgan fingerprint density at radius 1 is 1.17 bits per heavy atom. The highest BCUT2D eigenvalue weighted by Gasteiger charge is 2.60. The van der Waals surface area contributed by atoms with Gasteiger partial charge in [0.15, 0.2) is 0 Å². The number of rotatable bonds is 5. The van der Waals surface area contributed by atoms with E-state index in [1.165, 1.54) is 24.8 Å². The molecule has 1 N–H and O–H groups in total. The van der Waals surface area contributed by atoms with Crippen molar-refractivity contribution in [2.75, 3.05) is 13.7 Å². The van der Waals surface area contributed by atoms with Gasteiger partial charge in [-0.25, -0.2) is 0 Å². The molecular formula is C21H29NO2. The van der Waals surface area contributed by atoms with Crippen molar-refractivity contribution in [2.45, 2.75) is 57.3 Å². The lowest BCUT2D eigenvalue weighted by atomic mass is 9.42. The molecule has 4 bridgehead atoms. The van der Waals surface area contributed by atoms with E-state index in [1.807, 2.05) is 0 Å². The van der Waals surface area contributed by atoms with E-state index in [2.05, 4.69) is 36.5 Å². The second kappa shape index (κ2) is 5.79. The average Bonchev–Trinajstić information content (AvgIpc) is 2.58. The standard InChI is InChI=1S/C21H29NO2/c1-3-8-22-19(23)21-12-15-9-16(13-21)11-20(10-15,14-21)17-4-6-18(24-2)7-5-17/h4-7,15-16H,3,8-14H2,1-2H3,(H,22,23)/t15-,16+,20?,21?. The molecule has 0 aromatic heterocycles. The summed E-state index contributed by atoms with van der Waals surface area (Å²) in [6, 6.07) is 8.64. The highest BCUT2D eigenvalue weighted by molar-refractivity contribution is 5.83. The highest BCUT2D eigenvalue weighted by atomic mass is 16.5. The Kier molecular flexibility index (Phi) is 3.85. The first-order valence-electron chi connectivity index (χ1n) is 9.52. The molecule has 2 unspecified atom stereocenters. The van der Waals surface area contributed by atoms with Crippen molar-refractivity contribution >= 4 is 5.91 Å². The van der Waals surface area contributed by atoms with Crippen molar-refractivity contribution < 1.29 is 9.53 Å². The maximum atomic E-state index is 13.0. The summed E-state index contributed by atoms with van der Waals surface area (Å²) < 4.78 is 5.33. The summed E-state index contributed by atoms with van der Waals surface area (Å²) in [7, 11) is 1.72. The molecule has 1 aromatic rings. The summed E-state index contributed by atoms with van der Waals surface area (Å²) in [5.41, 5.74) is 1.52. The molecular weight excluding hydrogens is 298 g/mol. The number of nitrogens with one attached hydrogen (secondary N) is 1. The Morgan fingerprint density at radius 2 is 1.83 bits per heavy atom. The van der Waals surface area contributed by atoms with Crippen LogP contribution in [0.3, 0.4) is 0 Å². The van der Waals surface area contributed by atoms with Gasteiger partial charge in [0, 0.05) is 6.54 Å². The van der Waals surface area contributed by atoms with Crippen LogP contribution in [0.5, 0.6) is 5.75 Å². The summed E-state index contributed by atoms with van der Waals surface area (Å²) in [5.74, 6) is 2.69. The number of benzene rings is 1. The number of carbonyl (C=O) groups excluding carboxylic acids is 1. The van der Waals surface area contributed by atoms with Gasteiger partial charge in [0.2, 0.25) is 5.91 Å². The monoisotopic (exact) mass is 327 g/mol. The van der Waals surface area contributed by atoms with Crippen LogP contribution >= 0.6 is 0 Å². The van der Waals surface area contributed by atoms with Gasteiger partial charge in [-0.15, -0.1) is 0 Å². The lowest BCUT2D eigenvalue weighted by Gasteiger charge is -2.61. The van der Waals surface area contributed by atoms with Crippen LogP contribution < -0.4 is 10.1 Å². The molecule has 0 spiro atoms. The van der Waals surface area contributed by atoms with E-state index in [4.69, 9.17) is 4.74 Å². The molecule has 3 nitrogen and oxygen atoms in total. The molecule has 4 aliphatic carbocycles. The molecule has 5 rings (SSSR count). The van der Waals surface area contributed by atoms with Gasteiger partial charge in [0.05, 0.1) is 12.5 Å². The van der Waals surface area contributed by atoms with Gasteiger partial charge in [-0.2, -0.15) is 0 Å². The number of methoxy groups -OCH3 is 1. The van der Waals surface area contributed by atoms with Crippen molar-refractivity contribution in [1.82, 2.24) is 5.32 Å². The van der Waals surface area contributed by atoms with Crippen LogP contribution in [0.25, 0.3) is 0 Å². The Labute approximate surface area is 145 Å². The first-order valence-corrected chi connectivity index (χ1v) is 9.52. The van der Waals surface area contributed by atoms with E-state index in [-0.39, 0.29) is 10.8 Å². The summed E-state index contributed by atoms with van der Waals surface area (Å²) in [6.07, 6.45) is 8.12. The number of hydrogen-bond donors (Lipinski definition) is 1.